The van der Waals surface area contributed by atoms with Gasteiger partial charge in [0, 0.05) is 33.4 Å². The van der Waals surface area contributed by atoms with Crippen LogP contribution < -0.4 is 4.74 Å². The maximum atomic E-state index is 12.7. The molecular weight excluding hydrogens is 324 g/mol. The second-order valence-electron chi connectivity index (χ2n) is 5.94. The number of ether oxygens (including phenoxy) is 1. The zero-order valence-electron chi connectivity index (χ0n) is 14.1. The van der Waals surface area contributed by atoms with Crippen LogP contribution in [0, 0.1) is 11.8 Å². The molecule has 4 rings (SSSR count). The second kappa shape index (κ2) is 6.34. The number of hydrogen-bond donors (Lipinski definition) is 0. The highest BCUT2D eigenvalue weighted by Crippen LogP contribution is 2.27. The van der Waals surface area contributed by atoms with Crippen molar-refractivity contribution in [1.82, 2.24) is 0 Å². The fourth-order valence-corrected chi connectivity index (χ4v) is 3.00. The van der Waals surface area contributed by atoms with Crippen molar-refractivity contribution in [1.29, 1.82) is 0 Å². The number of rotatable bonds is 1. The molecule has 0 aliphatic heterocycles. The Kier molecular flexibility index (Phi) is 3.87. The molecule has 0 saturated heterocycles. The second-order valence-corrected chi connectivity index (χ2v) is 5.94. The van der Waals surface area contributed by atoms with E-state index < -0.39 is 0 Å². The first-order chi connectivity index (χ1) is 12.7. The first-order valence-electron chi connectivity index (χ1n) is 8.16. The molecule has 0 radical (unpaired) electrons. The van der Waals surface area contributed by atoms with Crippen molar-refractivity contribution in [3.63, 3.8) is 0 Å². The van der Waals surface area contributed by atoms with Gasteiger partial charge in [0.1, 0.15) is 5.75 Å². The normalized spacial score (nSPS) is 11.9. The Morgan fingerprint density at radius 2 is 1.19 bits per heavy atom. The SMILES string of the molecule is COc1ccc(C#Cc2ccc3c(c2)C(=O)c2ccccc2C3=O)cc1. The van der Waals surface area contributed by atoms with Crippen LogP contribution in [0.5, 0.6) is 5.75 Å². The van der Waals surface area contributed by atoms with Gasteiger partial charge < -0.3 is 4.74 Å². The minimum Gasteiger partial charge on any atom is -0.497 e. The molecule has 124 valence electrons. The Bertz CT molecular complexity index is 1100. The molecule has 0 spiro atoms. The number of hydrogen-bond acceptors (Lipinski definition) is 3. The van der Waals surface area contributed by atoms with Crippen molar-refractivity contribution in [3.05, 3.63) is 100 Å². The Balaban J connectivity index is 1.71. The molecule has 0 fully saturated rings. The van der Waals surface area contributed by atoms with Gasteiger partial charge in [0.05, 0.1) is 7.11 Å². The Morgan fingerprint density at radius 1 is 0.654 bits per heavy atom. The van der Waals surface area contributed by atoms with Crippen LogP contribution in [-0.2, 0) is 0 Å². The van der Waals surface area contributed by atoms with Gasteiger partial charge in [-0.2, -0.15) is 0 Å². The van der Waals surface area contributed by atoms with Crippen LogP contribution in [0.25, 0.3) is 0 Å². The zero-order chi connectivity index (χ0) is 18.1. The number of carbonyl (C=O) groups excluding carboxylic acids is 2. The van der Waals surface area contributed by atoms with Crippen molar-refractivity contribution in [2.24, 2.45) is 0 Å². The van der Waals surface area contributed by atoms with Crippen molar-refractivity contribution < 1.29 is 14.3 Å². The molecule has 1 aliphatic carbocycles. The molecule has 0 heterocycles. The number of ketones is 2. The summed E-state index contributed by atoms with van der Waals surface area (Å²) >= 11 is 0. The van der Waals surface area contributed by atoms with Crippen molar-refractivity contribution >= 4 is 11.6 Å². The van der Waals surface area contributed by atoms with E-state index in [9.17, 15) is 9.59 Å². The van der Waals surface area contributed by atoms with Gasteiger partial charge in [-0.05, 0) is 42.5 Å². The number of fused-ring (bicyclic) bond motifs is 2. The summed E-state index contributed by atoms with van der Waals surface area (Å²) < 4.78 is 5.13. The van der Waals surface area contributed by atoms with Gasteiger partial charge in [-0.25, -0.2) is 0 Å². The first-order valence-corrected chi connectivity index (χ1v) is 8.16. The number of carbonyl (C=O) groups is 2. The van der Waals surface area contributed by atoms with Crippen molar-refractivity contribution in [3.8, 4) is 17.6 Å². The highest BCUT2D eigenvalue weighted by Gasteiger charge is 2.29. The van der Waals surface area contributed by atoms with Gasteiger partial charge in [0.25, 0.3) is 0 Å². The molecule has 0 bridgehead atoms. The summed E-state index contributed by atoms with van der Waals surface area (Å²) in [6.45, 7) is 0. The fraction of sp³-hybridized carbons (Fsp3) is 0.0435. The molecule has 0 N–H and O–H groups in total. The number of methoxy groups -OCH3 is 1. The van der Waals surface area contributed by atoms with E-state index in [0.29, 0.717) is 27.8 Å². The van der Waals surface area contributed by atoms with Gasteiger partial charge in [-0.3, -0.25) is 9.59 Å². The van der Waals surface area contributed by atoms with Crippen LogP contribution in [0.4, 0.5) is 0 Å². The van der Waals surface area contributed by atoms with Crippen LogP contribution in [0.1, 0.15) is 43.0 Å². The van der Waals surface area contributed by atoms with Gasteiger partial charge in [-0.1, -0.05) is 36.1 Å². The summed E-state index contributed by atoms with van der Waals surface area (Å²) in [5.74, 6) is 6.63. The van der Waals surface area contributed by atoms with E-state index in [1.807, 2.05) is 24.3 Å². The molecule has 3 aromatic carbocycles. The Morgan fingerprint density at radius 3 is 1.85 bits per heavy atom. The summed E-state index contributed by atoms with van der Waals surface area (Å²) in [5, 5.41) is 0. The molecule has 3 aromatic rings. The van der Waals surface area contributed by atoms with E-state index >= 15 is 0 Å². The molecule has 0 aromatic heterocycles. The minimum atomic E-state index is -0.136. The van der Waals surface area contributed by atoms with Crippen molar-refractivity contribution in [2.75, 3.05) is 7.11 Å². The quantitative estimate of drug-likeness (QED) is 0.495. The third kappa shape index (κ3) is 2.68. The largest absolute Gasteiger partial charge is 0.497 e. The first kappa shape index (κ1) is 15.9. The standard InChI is InChI=1S/C23H14O3/c1-26-17-11-8-15(9-12-17)6-7-16-10-13-20-21(14-16)23(25)19-5-3-2-4-18(19)22(20)24/h2-5,8-14H,1H3. The molecule has 0 unspecified atom stereocenters. The van der Waals surface area contributed by atoms with Crippen LogP contribution in [0.15, 0.2) is 66.7 Å². The summed E-state index contributed by atoms with van der Waals surface area (Å²) in [7, 11) is 1.62. The molecule has 3 heteroatoms. The molecular formula is C23H14O3. The smallest absolute Gasteiger partial charge is 0.194 e. The average Bonchev–Trinajstić information content (AvgIpc) is 2.70. The number of benzene rings is 3. The van der Waals surface area contributed by atoms with E-state index in [1.165, 1.54) is 0 Å². The van der Waals surface area contributed by atoms with E-state index in [4.69, 9.17) is 4.74 Å². The minimum absolute atomic E-state index is 0.120. The maximum absolute atomic E-state index is 12.7. The van der Waals surface area contributed by atoms with Crippen LogP contribution in [0.3, 0.4) is 0 Å². The highest BCUT2D eigenvalue weighted by atomic mass is 16.5. The lowest BCUT2D eigenvalue weighted by atomic mass is 9.83. The highest BCUT2D eigenvalue weighted by molar-refractivity contribution is 6.28. The molecule has 0 amide bonds. The molecule has 0 atom stereocenters. The van der Waals surface area contributed by atoms with Crippen LogP contribution in [0.2, 0.25) is 0 Å². The lowest BCUT2D eigenvalue weighted by Gasteiger charge is -2.17. The van der Waals surface area contributed by atoms with Gasteiger partial charge in [0.2, 0.25) is 0 Å². The monoisotopic (exact) mass is 338 g/mol. The van der Waals surface area contributed by atoms with E-state index in [2.05, 4.69) is 11.8 Å². The van der Waals surface area contributed by atoms with Gasteiger partial charge in [-0.15, -0.1) is 0 Å². The third-order valence-corrected chi connectivity index (χ3v) is 4.37. The van der Waals surface area contributed by atoms with Gasteiger partial charge >= 0.3 is 0 Å². The molecule has 0 saturated carbocycles. The van der Waals surface area contributed by atoms with Gasteiger partial charge in [0.15, 0.2) is 11.6 Å². The molecule has 1 aliphatic rings. The van der Waals surface area contributed by atoms with Crippen LogP contribution >= 0.6 is 0 Å². The lowest BCUT2D eigenvalue weighted by Crippen LogP contribution is -2.20. The van der Waals surface area contributed by atoms with Crippen LogP contribution in [-0.4, -0.2) is 18.7 Å². The molecule has 26 heavy (non-hydrogen) atoms. The third-order valence-electron chi connectivity index (χ3n) is 4.37. The Labute approximate surface area is 151 Å². The molecule has 3 nitrogen and oxygen atoms in total. The summed E-state index contributed by atoms with van der Waals surface area (Å²) in [6, 6.07) is 19.5. The summed E-state index contributed by atoms with van der Waals surface area (Å²) in [4.78, 5) is 25.3. The summed E-state index contributed by atoms with van der Waals surface area (Å²) in [5.41, 5.74) is 3.29. The predicted octanol–water partition coefficient (Wildman–Crippen LogP) is 3.87. The van der Waals surface area contributed by atoms with E-state index in [1.54, 1.807) is 49.6 Å². The maximum Gasteiger partial charge on any atom is 0.194 e. The zero-order valence-corrected chi connectivity index (χ0v) is 14.1. The lowest BCUT2D eigenvalue weighted by molar-refractivity contribution is 0.0979. The van der Waals surface area contributed by atoms with Crippen molar-refractivity contribution in [2.45, 2.75) is 0 Å². The predicted molar refractivity (Wildman–Crippen MR) is 98.7 cm³/mol. The fourth-order valence-electron chi connectivity index (χ4n) is 3.00. The Hall–Kier alpha value is -3.64. The van der Waals surface area contributed by atoms with E-state index in [-0.39, 0.29) is 11.6 Å². The topological polar surface area (TPSA) is 43.4 Å². The van der Waals surface area contributed by atoms with E-state index in [0.717, 1.165) is 11.3 Å². The average molecular weight is 338 g/mol. The summed E-state index contributed by atoms with van der Waals surface area (Å²) in [6.07, 6.45) is 0.